The lowest BCUT2D eigenvalue weighted by molar-refractivity contribution is 0.0652. The van der Waals surface area contributed by atoms with Crippen LogP contribution in [0.3, 0.4) is 0 Å². The van der Waals surface area contributed by atoms with Gasteiger partial charge >= 0.3 is 0 Å². The summed E-state index contributed by atoms with van der Waals surface area (Å²) in [5.74, 6) is 0.821. The number of aromatic nitrogens is 4. The van der Waals surface area contributed by atoms with Gasteiger partial charge in [-0.1, -0.05) is 24.3 Å². The molecule has 7 rings (SSSR count). The molecular weight excluding hydrogens is 422 g/mol. The second kappa shape index (κ2) is 7.22. The molecule has 4 heterocycles. The number of pyridine rings is 1. The first-order chi connectivity index (χ1) is 16.7. The molecule has 34 heavy (non-hydrogen) atoms. The van der Waals surface area contributed by atoms with Crippen LogP contribution in [0.25, 0.3) is 27.8 Å². The molecule has 1 aliphatic carbocycles. The Morgan fingerprint density at radius 2 is 1.71 bits per heavy atom. The van der Waals surface area contributed by atoms with Crippen LogP contribution in [0.5, 0.6) is 0 Å². The summed E-state index contributed by atoms with van der Waals surface area (Å²) in [4.78, 5) is 28.1. The van der Waals surface area contributed by atoms with Crippen LogP contribution in [-0.4, -0.2) is 43.2 Å². The maximum absolute atomic E-state index is 12.5. The average molecular weight is 446 g/mol. The summed E-state index contributed by atoms with van der Waals surface area (Å²) >= 11 is 0. The van der Waals surface area contributed by atoms with Crippen molar-refractivity contribution >= 4 is 22.6 Å². The second-order valence-electron chi connectivity index (χ2n) is 9.37. The Morgan fingerprint density at radius 1 is 0.882 bits per heavy atom. The minimum atomic E-state index is -0.0444. The van der Waals surface area contributed by atoms with Gasteiger partial charge in [0.1, 0.15) is 0 Å². The van der Waals surface area contributed by atoms with E-state index in [4.69, 9.17) is 0 Å². The van der Waals surface area contributed by atoms with E-state index >= 15 is 0 Å². The van der Waals surface area contributed by atoms with Crippen molar-refractivity contribution in [3.05, 3.63) is 96.2 Å². The van der Waals surface area contributed by atoms with E-state index in [2.05, 4.69) is 49.8 Å². The first-order valence-electron chi connectivity index (χ1n) is 11.8. The monoisotopic (exact) mass is 445 g/mol. The van der Waals surface area contributed by atoms with Crippen LogP contribution < -0.4 is 0 Å². The summed E-state index contributed by atoms with van der Waals surface area (Å²) in [6, 6.07) is 18.5. The van der Waals surface area contributed by atoms with Gasteiger partial charge in [-0.15, -0.1) is 0 Å². The smallest absolute Gasteiger partial charge is 0.253 e. The standard InChI is InChI=1S/C28H23N5O/c34-26(32-13-2-14-32)20-6-4-19(5-7-20)22-16-30-27-31-17-25(33(27)18-22)28(10-11-28)23-8-9-24-21(15-23)3-1-12-29-24/h1,3-9,12,15-18H,2,10-11,13-14H2. The largest absolute Gasteiger partial charge is 0.339 e. The third-order valence-corrected chi connectivity index (χ3v) is 7.37. The molecule has 0 radical (unpaired) electrons. The van der Waals surface area contributed by atoms with Crippen LogP contribution in [0.1, 0.15) is 40.9 Å². The molecule has 0 atom stereocenters. The first-order valence-corrected chi connectivity index (χ1v) is 11.8. The Balaban J connectivity index is 1.26. The highest BCUT2D eigenvalue weighted by molar-refractivity contribution is 5.95. The Kier molecular flexibility index (Phi) is 4.12. The van der Waals surface area contributed by atoms with Gasteiger partial charge in [0.2, 0.25) is 5.78 Å². The predicted octanol–water partition coefficient (Wildman–Crippen LogP) is 4.87. The number of carbonyl (C=O) groups is 1. The van der Waals surface area contributed by atoms with Crippen molar-refractivity contribution in [2.75, 3.05) is 13.1 Å². The van der Waals surface area contributed by atoms with E-state index in [1.807, 2.05) is 53.8 Å². The van der Waals surface area contributed by atoms with E-state index in [1.165, 1.54) is 11.3 Å². The Hall–Kier alpha value is -4.06. The fraction of sp³-hybridized carbons (Fsp3) is 0.214. The van der Waals surface area contributed by atoms with Gasteiger partial charge in [-0.05, 0) is 60.7 Å². The molecule has 166 valence electrons. The SMILES string of the molecule is O=C(c1ccc(-c2cnc3ncc(C4(c5ccc6ncccc6c5)CC4)n3c2)cc1)N1CCC1. The van der Waals surface area contributed by atoms with Gasteiger partial charge in [-0.2, -0.15) is 0 Å². The van der Waals surface area contributed by atoms with Gasteiger partial charge in [0.15, 0.2) is 0 Å². The molecule has 2 fully saturated rings. The zero-order chi connectivity index (χ0) is 22.7. The van der Waals surface area contributed by atoms with Gasteiger partial charge < -0.3 is 4.90 Å². The van der Waals surface area contributed by atoms with Gasteiger partial charge in [-0.3, -0.25) is 14.2 Å². The molecule has 0 bridgehead atoms. The maximum Gasteiger partial charge on any atom is 0.253 e. The zero-order valence-electron chi connectivity index (χ0n) is 18.7. The molecule has 1 aliphatic heterocycles. The van der Waals surface area contributed by atoms with Gasteiger partial charge in [0.25, 0.3) is 5.91 Å². The average Bonchev–Trinajstić information content (AvgIpc) is 3.55. The summed E-state index contributed by atoms with van der Waals surface area (Å²) in [6.45, 7) is 1.72. The molecule has 0 N–H and O–H groups in total. The van der Waals surface area contributed by atoms with Crippen molar-refractivity contribution in [3.63, 3.8) is 0 Å². The normalized spacial score (nSPS) is 16.5. The fourth-order valence-electron chi connectivity index (χ4n) is 5.07. The summed E-state index contributed by atoms with van der Waals surface area (Å²) < 4.78 is 2.13. The van der Waals surface area contributed by atoms with E-state index < -0.39 is 0 Å². The molecule has 0 unspecified atom stereocenters. The zero-order valence-corrected chi connectivity index (χ0v) is 18.7. The predicted molar refractivity (Wildman–Crippen MR) is 131 cm³/mol. The molecule has 2 aliphatic rings. The lowest BCUT2D eigenvalue weighted by Crippen LogP contribution is -2.41. The quantitative estimate of drug-likeness (QED) is 0.396. The minimum Gasteiger partial charge on any atom is -0.339 e. The van der Waals surface area contributed by atoms with E-state index in [0.29, 0.717) is 5.78 Å². The van der Waals surface area contributed by atoms with Crippen LogP contribution in [0.4, 0.5) is 0 Å². The molecular formula is C28H23N5O. The number of carbonyl (C=O) groups excluding carboxylic acids is 1. The Labute approximate surface area is 196 Å². The first kappa shape index (κ1) is 19.4. The number of hydrogen-bond acceptors (Lipinski definition) is 4. The third-order valence-electron chi connectivity index (χ3n) is 7.37. The number of rotatable bonds is 4. The van der Waals surface area contributed by atoms with E-state index in [-0.39, 0.29) is 11.3 Å². The number of hydrogen-bond donors (Lipinski definition) is 0. The minimum absolute atomic E-state index is 0.0444. The van der Waals surface area contributed by atoms with E-state index in [0.717, 1.165) is 59.9 Å². The highest BCUT2D eigenvalue weighted by atomic mass is 16.2. The molecule has 0 spiro atoms. The van der Waals surface area contributed by atoms with Crippen molar-refractivity contribution in [2.24, 2.45) is 0 Å². The Morgan fingerprint density at radius 3 is 2.47 bits per heavy atom. The Bertz CT molecular complexity index is 1560. The van der Waals surface area contributed by atoms with Crippen LogP contribution in [0.15, 0.2) is 79.4 Å². The molecule has 6 heteroatoms. The molecule has 3 aromatic heterocycles. The fourth-order valence-corrected chi connectivity index (χ4v) is 5.07. The molecule has 5 aromatic rings. The van der Waals surface area contributed by atoms with Crippen molar-refractivity contribution in [3.8, 4) is 11.1 Å². The third kappa shape index (κ3) is 2.95. The van der Waals surface area contributed by atoms with Gasteiger partial charge in [0.05, 0.1) is 17.4 Å². The lowest BCUT2D eigenvalue weighted by atomic mass is 9.91. The van der Waals surface area contributed by atoms with Gasteiger partial charge in [-0.25, -0.2) is 9.97 Å². The number of fused-ring (bicyclic) bond motifs is 2. The van der Waals surface area contributed by atoms with Crippen LogP contribution in [0.2, 0.25) is 0 Å². The van der Waals surface area contributed by atoms with Gasteiger partial charge in [0, 0.05) is 53.6 Å². The number of nitrogens with zero attached hydrogens (tertiary/aromatic N) is 5. The number of benzene rings is 2. The molecule has 6 nitrogen and oxygen atoms in total. The molecule has 1 saturated heterocycles. The van der Waals surface area contributed by atoms with Crippen molar-refractivity contribution in [2.45, 2.75) is 24.7 Å². The lowest BCUT2D eigenvalue weighted by Gasteiger charge is -2.30. The number of amides is 1. The van der Waals surface area contributed by atoms with Crippen LogP contribution in [0, 0.1) is 0 Å². The topological polar surface area (TPSA) is 63.4 Å². The summed E-state index contributed by atoms with van der Waals surface area (Å²) in [7, 11) is 0. The van der Waals surface area contributed by atoms with E-state index in [1.54, 1.807) is 0 Å². The van der Waals surface area contributed by atoms with Crippen molar-refractivity contribution in [1.29, 1.82) is 0 Å². The summed E-state index contributed by atoms with van der Waals surface area (Å²) in [5.41, 5.74) is 6.23. The van der Waals surface area contributed by atoms with Crippen molar-refractivity contribution in [1.82, 2.24) is 24.3 Å². The summed E-state index contributed by atoms with van der Waals surface area (Å²) in [5, 5.41) is 1.16. The summed E-state index contributed by atoms with van der Waals surface area (Å²) in [6.07, 6.45) is 11.1. The van der Waals surface area contributed by atoms with Crippen LogP contribution in [-0.2, 0) is 5.41 Å². The second-order valence-corrected chi connectivity index (χ2v) is 9.37. The van der Waals surface area contributed by atoms with Crippen LogP contribution >= 0.6 is 0 Å². The van der Waals surface area contributed by atoms with E-state index in [9.17, 15) is 4.79 Å². The highest BCUT2D eigenvalue weighted by Crippen LogP contribution is 2.53. The highest BCUT2D eigenvalue weighted by Gasteiger charge is 2.48. The molecule has 2 aromatic carbocycles. The number of imidazole rings is 1. The number of likely N-dealkylation sites (tertiary alicyclic amines) is 1. The van der Waals surface area contributed by atoms with Crippen molar-refractivity contribution < 1.29 is 4.79 Å². The molecule has 1 saturated carbocycles. The molecule has 1 amide bonds. The maximum atomic E-state index is 12.5.